The zero-order chi connectivity index (χ0) is 16.2. The molecule has 0 atom stereocenters. The number of aryl methyl sites for hydroxylation is 1. The van der Waals surface area contributed by atoms with Gasteiger partial charge in [-0.2, -0.15) is 0 Å². The van der Waals surface area contributed by atoms with E-state index in [0.717, 1.165) is 26.2 Å². The second-order valence-electron chi connectivity index (χ2n) is 5.93. The number of anilines is 1. The Labute approximate surface area is 153 Å². The van der Waals surface area contributed by atoms with E-state index in [4.69, 9.17) is 0 Å². The fourth-order valence-corrected chi connectivity index (χ4v) is 3.56. The number of hydrogen-bond acceptors (Lipinski definition) is 3. The summed E-state index contributed by atoms with van der Waals surface area (Å²) < 4.78 is 0. The molecule has 4 nitrogen and oxygen atoms in total. The van der Waals surface area contributed by atoms with Crippen LogP contribution >= 0.6 is 23.7 Å². The fraction of sp³-hybridized carbons (Fsp3) is 0.389. The first-order chi connectivity index (χ1) is 11.1. The first kappa shape index (κ1) is 18.6. The summed E-state index contributed by atoms with van der Waals surface area (Å²) in [5.41, 5.74) is 3.95. The number of carbonyl (C=O) groups excluding carboxylic acids is 1. The average Bonchev–Trinajstić information content (AvgIpc) is 3.09. The molecule has 1 aliphatic rings. The quantitative estimate of drug-likeness (QED) is 0.897. The highest BCUT2D eigenvalue weighted by molar-refractivity contribution is 7.09. The van der Waals surface area contributed by atoms with Crippen LogP contribution in [-0.4, -0.2) is 37.1 Å². The molecule has 6 heteroatoms. The minimum Gasteiger partial charge on any atom is -0.368 e. The van der Waals surface area contributed by atoms with Crippen molar-refractivity contribution in [2.24, 2.45) is 0 Å². The lowest BCUT2D eigenvalue weighted by Crippen LogP contribution is -2.51. The number of nitrogens with zero attached hydrogens (tertiary/aromatic N) is 2. The molecule has 2 aromatic rings. The molecule has 130 valence electrons. The highest BCUT2D eigenvalue weighted by Crippen LogP contribution is 2.23. The van der Waals surface area contributed by atoms with Gasteiger partial charge in [-0.15, -0.1) is 23.7 Å². The molecule has 2 heterocycles. The largest absolute Gasteiger partial charge is 0.368 e. The van der Waals surface area contributed by atoms with E-state index in [2.05, 4.69) is 42.3 Å². The third-order valence-electron chi connectivity index (χ3n) is 4.48. The summed E-state index contributed by atoms with van der Waals surface area (Å²) in [7, 11) is 0. The van der Waals surface area contributed by atoms with Gasteiger partial charge in [0.2, 0.25) is 0 Å². The second-order valence-corrected chi connectivity index (χ2v) is 6.96. The molecule has 0 unspecified atom stereocenters. The van der Waals surface area contributed by atoms with Gasteiger partial charge >= 0.3 is 6.03 Å². The van der Waals surface area contributed by atoms with Crippen molar-refractivity contribution in [1.29, 1.82) is 0 Å². The minimum absolute atomic E-state index is 0. The van der Waals surface area contributed by atoms with E-state index in [1.54, 1.807) is 11.3 Å². The van der Waals surface area contributed by atoms with Gasteiger partial charge < -0.3 is 15.1 Å². The molecule has 0 saturated carbocycles. The normalized spacial score (nSPS) is 14.2. The number of piperazine rings is 1. The van der Waals surface area contributed by atoms with Crippen LogP contribution in [0.15, 0.2) is 35.7 Å². The van der Waals surface area contributed by atoms with Crippen molar-refractivity contribution in [3.05, 3.63) is 51.7 Å². The highest BCUT2D eigenvalue weighted by Gasteiger charge is 2.22. The Morgan fingerprint density at radius 3 is 2.54 bits per heavy atom. The number of thiophene rings is 1. The maximum Gasteiger partial charge on any atom is 0.317 e. The SMILES string of the molecule is Cc1cccc(N2CCN(C(=O)NCc3cccs3)CC2)c1C.Cl. The van der Waals surface area contributed by atoms with Crippen molar-refractivity contribution in [2.75, 3.05) is 31.1 Å². The summed E-state index contributed by atoms with van der Waals surface area (Å²) in [6, 6.07) is 10.5. The van der Waals surface area contributed by atoms with Crippen LogP contribution in [0.4, 0.5) is 10.5 Å². The van der Waals surface area contributed by atoms with E-state index < -0.39 is 0 Å². The number of rotatable bonds is 3. The molecule has 1 saturated heterocycles. The standard InChI is InChI=1S/C18H23N3OS.ClH/c1-14-5-3-7-17(15(14)2)20-8-10-21(11-9-20)18(22)19-13-16-6-4-12-23-16;/h3-7,12H,8-11,13H2,1-2H3,(H,19,22);1H. The minimum atomic E-state index is 0. The number of carbonyl (C=O) groups is 1. The topological polar surface area (TPSA) is 35.6 Å². The Hall–Kier alpha value is -1.72. The molecule has 0 spiro atoms. The first-order valence-electron chi connectivity index (χ1n) is 8.01. The number of benzene rings is 1. The number of urea groups is 1. The van der Waals surface area contributed by atoms with Gasteiger partial charge in [0.05, 0.1) is 6.54 Å². The van der Waals surface area contributed by atoms with Gasteiger partial charge in [-0.3, -0.25) is 0 Å². The summed E-state index contributed by atoms with van der Waals surface area (Å²) in [5, 5.41) is 5.04. The van der Waals surface area contributed by atoms with Crippen LogP contribution < -0.4 is 10.2 Å². The molecule has 2 amide bonds. The van der Waals surface area contributed by atoms with Crippen molar-refractivity contribution in [1.82, 2.24) is 10.2 Å². The molecular formula is C18H24ClN3OS. The highest BCUT2D eigenvalue weighted by atomic mass is 35.5. The zero-order valence-corrected chi connectivity index (χ0v) is 15.8. The molecule has 3 rings (SSSR count). The number of nitrogens with one attached hydrogen (secondary N) is 1. The Kier molecular flexibility index (Phi) is 6.52. The Balaban J connectivity index is 0.00000208. The molecule has 1 fully saturated rings. The summed E-state index contributed by atoms with van der Waals surface area (Å²) in [5.74, 6) is 0. The van der Waals surface area contributed by atoms with E-state index in [1.807, 2.05) is 22.4 Å². The van der Waals surface area contributed by atoms with E-state index in [-0.39, 0.29) is 18.4 Å². The lowest BCUT2D eigenvalue weighted by atomic mass is 10.1. The Bertz CT molecular complexity index is 667. The predicted molar refractivity (Wildman–Crippen MR) is 104 cm³/mol. The van der Waals surface area contributed by atoms with Gasteiger partial charge in [0.15, 0.2) is 0 Å². The third kappa shape index (κ3) is 4.22. The predicted octanol–water partition coefficient (Wildman–Crippen LogP) is 3.82. The second kappa shape index (κ2) is 8.40. The van der Waals surface area contributed by atoms with Crippen LogP contribution in [0, 0.1) is 13.8 Å². The van der Waals surface area contributed by atoms with Gasteiger partial charge in [0.25, 0.3) is 0 Å². The van der Waals surface area contributed by atoms with E-state index in [9.17, 15) is 4.79 Å². The van der Waals surface area contributed by atoms with Crippen LogP contribution in [0.25, 0.3) is 0 Å². The van der Waals surface area contributed by atoms with E-state index >= 15 is 0 Å². The number of hydrogen-bond donors (Lipinski definition) is 1. The van der Waals surface area contributed by atoms with Gasteiger partial charge in [-0.25, -0.2) is 4.79 Å². The first-order valence-corrected chi connectivity index (χ1v) is 8.89. The van der Waals surface area contributed by atoms with E-state index in [0.29, 0.717) is 6.54 Å². The molecule has 0 bridgehead atoms. The van der Waals surface area contributed by atoms with Crippen molar-refractivity contribution in [3.8, 4) is 0 Å². The van der Waals surface area contributed by atoms with Crippen LogP contribution in [0.5, 0.6) is 0 Å². The van der Waals surface area contributed by atoms with Gasteiger partial charge in [0, 0.05) is 36.7 Å². The molecular weight excluding hydrogens is 342 g/mol. The Morgan fingerprint density at radius 2 is 1.88 bits per heavy atom. The lowest BCUT2D eigenvalue weighted by molar-refractivity contribution is 0.194. The maximum atomic E-state index is 12.3. The smallest absolute Gasteiger partial charge is 0.317 e. The number of halogens is 1. The molecule has 24 heavy (non-hydrogen) atoms. The van der Waals surface area contributed by atoms with Gasteiger partial charge in [-0.05, 0) is 42.5 Å². The van der Waals surface area contributed by atoms with Crippen LogP contribution in [-0.2, 0) is 6.54 Å². The average molecular weight is 366 g/mol. The molecule has 0 aliphatic carbocycles. The van der Waals surface area contributed by atoms with Gasteiger partial charge in [0.1, 0.15) is 0 Å². The Morgan fingerprint density at radius 1 is 1.12 bits per heavy atom. The molecule has 1 aliphatic heterocycles. The number of amides is 2. The molecule has 1 N–H and O–H groups in total. The van der Waals surface area contributed by atoms with E-state index in [1.165, 1.54) is 21.7 Å². The zero-order valence-electron chi connectivity index (χ0n) is 14.1. The van der Waals surface area contributed by atoms with Gasteiger partial charge in [-0.1, -0.05) is 18.2 Å². The van der Waals surface area contributed by atoms with Crippen LogP contribution in [0.2, 0.25) is 0 Å². The molecule has 1 aromatic carbocycles. The summed E-state index contributed by atoms with van der Waals surface area (Å²) in [6.45, 7) is 8.24. The fourth-order valence-electron chi connectivity index (χ4n) is 2.92. The third-order valence-corrected chi connectivity index (χ3v) is 5.35. The summed E-state index contributed by atoms with van der Waals surface area (Å²) in [6.07, 6.45) is 0. The van der Waals surface area contributed by atoms with Crippen molar-refractivity contribution in [2.45, 2.75) is 20.4 Å². The van der Waals surface area contributed by atoms with Crippen molar-refractivity contribution in [3.63, 3.8) is 0 Å². The lowest BCUT2D eigenvalue weighted by Gasteiger charge is -2.37. The maximum absolute atomic E-state index is 12.3. The summed E-state index contributed by atoms with van der Waals surface area (Å²) in [4.78, 5) is 17.7. The monoisotopic (exact) mass is 365 g/mol. The summed E-state index contributed by atoms with van der Waals surface area (Å²) >= 11 is 1.67. The molecule has 0 radical (unpaired) electrons. The van der Waals surface area contributed by atoms with Crippen LogP contribution in [0.1, 0.15) is 16.0 Å². The van der Waals surface area contributed by atoms with Crippen molar-refractivity contribution < 1.29 is 4.79 Å². The molecule has 1 aromatic heterocycles. The van der Waals surface area contributed by atoms with Crippen molar-refractivity contribution >= 4 is 35.5 Å². The van der Waals surface area contributed by atoms with Crippen LogP contribution in [0.3, 0.4) is 0 Å².